The van der Waals surface area contributed by atoms with Gasteiger partial charge in [0.1, 0.15) is 5.60 Å². The Hall–Kier alpha value is -0.860. The molecule has 0 atom stereocenters. The number of aliphatic imine (C=N–C) groups is 1. The maximum Gasteiger partial charge on any atom is 0.333 e. The van der Waals surface area contributed by atoms with Gasteiger partial charge >= 0.3 is 5.97 Å². The third-order valence-electron chi connectivity index (χ3n) is 1.29. The van der Waals surface area contributed by atoms with Crippen LogP contribution in [-0.4, -0.2) is 23.8 Å². The number of esters is 1. The minimum absolute atomic E-state index is 0.343. The van der Waals surface area contributed by atoms with Crippen molar-refractivity contribution in [3.8, 4) is 0 Å². The van der Waals surface area contributed by atoms with Crippen LogP contribution < -0.4 is 0 Å². The summed E-state index contributed by atoms with van der Waals surface area (Å²) in [5.41, 5.74) is -1.30. The molecule has 70 valence electrons. The van der Waals surface area contributed by atoms with E-state index in [1.807, 2.05) is 20.8 Å². The Labute approximate surface area is 73.8 Å². The fourth-order valence-corrected chi connectivity index (χ4v) is 0.468. The first kappa shape index (κ1) is 11.1. The van der Waals surface area contributed by atoms with Gasteiger partial charge in [-0.25, -0.2) is 4.79 Å². The number of rotatable bonds is 2. The fourth-order valence-electron chi connectivity index (χ4n) is 0.468. The summed E-state index contributed by atoms with van der Waals surface area (Å²) in [5.74, 6) is -0.343. The minimum atomic E-state index is -0.840. The second kappa shape index (κ2) is 3.25. The topological polar surface area (TPSA) is 38.7 Å². The standard InChI is InChI=1S/C9H17NO2/c1-8(2,3)12-7(11)9(4,5)10-6/h6H2,1-5H3. The molecule has 0 radical (unpaired) electrons. The van der Waals surface area contributed by atoms with E-state index in [1.54, 1.807) is 13.8 Å². The molecule has 0 amide bonds. The summed E-state index contributed by atoms with van der Waals surface area (Å²) >= 11 is 0. The Morgan fingerprint density at radius 1 is 1.25 bits per heavy atom. The van der Waals surface area contributed by atoms with E-state index in [1.165, 1.54) is 0 Å². The lowest BCUT2D eigenvalue weighted by molar-refractivity contribution is -0.160. The van der Waals surface area contributed by atoms with E-state index < -0.39 is 11.1 Å². The second-order valence-corrected chi connectivity index (χ2v) is 4.22. The van der Waals surface area contributed by atoms with Gasteiger partial charge in [0.2, 0.25) is 0 Å². The molecule has 0 aromatic heterocycles. The third kappa shape index (κ3) is 3.51. The SMILES string of the molecule is C=NC(C)(C)C(=O)OC(C)(C)C. The number of nitrogens with zero attached hydrogens (tertiary/aromatic N) is 1. The van der Waals surface area contributed by atoms with Gasteiger partial charge in [0.15, 0.2) is 5.54 Å². The van der Waals surface area contributed by atoms with Crippen LogP contribution in [0.25, 0.3) is 0 Å². The first-order valence-electron chi connectivity index (χ1n) is 3.90. The van der Waals surface area contributed by atoms with Crippen molar-refractivity contribution in [3.63, 3.8) is 0 Å². The van der Waals surface area contributed by atoms with Crippen molar-refractivity contribution in [2.75, 3.05) is 0 Å². The summed E-state index contributed by atoms with van der Waals surface area (Å²) in [5, 5.41) is 0. The van der Waals surface area contributed by atoms with Gasteiger partial charge in [-0.15, -0.1) is 0 Å². The van der Waals surface area contributed by atoms with Crippen LogP contribution in [0.1, 0.15) is 34.6 Å². The molecule has 3 heteroatoms. The van der Waals surface area contributed by atoms with Gasteiger partial charge < -0.3 is 4.74 Å². The Morgan fingerprint density at radius 3 is 1.92 bits per heavy atom. The average molecular weight is 171 g/mol. The van der Waals surface area contributed by atoms with E-state index in [4.69, 9.17) is 4.74 Å². The van der Waals surface area contributed by atoms with Gasteiger partial charge in [-0.2, -0.15) is 0 Å². The second-order valence-electron chi connectivity index (χ2n) is 4.22. The van der Waals surface area contributed by atoms with Crippen molar-refractivity contribution in [2.24, 2.45) is 4.99 Å². The normalized spacial score (nSPS) is 12.4. The Balaban J connectivity index is 4.33. The first-order chi connectivity index (χ1) is 5.19. The highest BCUT2D eigenvalue weighted by Gasteiger charge is 2.30. The molecule has 0 aromatic carbocycles. The lowest BCUT2D eigenvalue weighted by atomic mass is 10.1. The highest BCUT2D eigenvalue weighted by atomic mass is 16.6. The average Bonchev–Trinajstić information content (AvgIpc) is 1.84. The van der Waals surface area contributed by atoms with Gasteiger partial charge in [0.25, 0.3) is 0 Å². The van der Waals surface area contributed by atoms with Crippen LogP contribution in [0.15, 0.2) is 4.99 Å². The van der Waals surface area contributed by atoms with E-state index in [2.05, 4.69) is 11.7 Å². The van der Waals surface area contributed by atoms with Crippen molar-refractivity contribution in [1.82, 2.24) is 0 Å². The molecule has 0 aliphatic rings. The summed E-state index contributed by atoms with van der Waals surface area (Å²) in [6.07, 6.45) is 0. The molecule has 0 fully saturated rings. The zero-order valence-corrected chi connectivity index (χ0v) is 8.47. The molecule has 0 spiro atoms. The van der Waals surface area contributed by atoms with Crippen LogP contribution in [0.5, 0.6) is 0 Å². The summed E-state index contributed by atoms with van der Waals surface area (Å²) in [4.78, 5) is 15.0. The first-order valence-corrected chi connectivity index (χ1v) is 3.90. The molecule has 3 nitrogen and oxygen atoms in total. The number of hydrogen-bond acceptors (Lipinski definition) is 3. The molecule has 0 rings (SSSR count). The lowest BCUT2D eigenvalue weighted by Gasteiger charge is -2.25. The Morgan fingerprint density at radius 2 is 1.67 bits per heavy atom. The van der Waals surface area contributed by atoms with E-state index in [0.29, 0.717) is 0 Å². The van der Waals surface area contributed by atoms with Crippen LogP contribution in [0, 0.1) is 0 Å². The lowest BCUT2D eigenvalue weighted by Crippen LogP contribution is -2.37. The number of carbonyl (C=O) groups is 1. The number of ether oxygens (including phenoxy) is 1. The van der Waals surface area contributed by atoms with Crippen LogP contribution in [0.4, 0.5) is 0 Å². The zero-order chi connectivity index (χ0) is 9.99. The van der Waals surface area contributed by atoms with Crippen molar-refractivity contribution in [3.05, 3.63) is 0 Å². The van der Waals surface area contributed by atoms with Crippen molar-refractivity contribution in [2.45, 2.75) is 45.8 Å². The molecule has 0 saturated heterocycles. The Bertz CT molecular complexity index is 189. The van der Waals surface area contributed by atoms with Crippen LogP contribution >= 0.6 is 0 Å². The van der Waals surface area contributed by atoms with Crippen LogP contribution in [0.2, 0.25) is 0 Å². The summed E-state index contributed by atoms with van der Waals surface area (Å²) in [7, 11) is 0. The molecule has 0 bridgehead atoms. The molecule has 0 unspecified atom stereocenters. The fraction of sp³-hybridized carbons (Fsp3) is 0.778. The molecule has 0 heterocycles. The molecule has 0 aliphatic carbocycles. The minimum Gasteiger partial charge on any atom is -0.458 e. The van der Waals surface area contributed by atoms with Crippen molar-refractivity contribution < 1.29 is 9.53 Å². The van der Waals surface area contributed by atoms with Gasteiger partial charge in [-0.05, 0) is 41.3 Å². The highest BCUT2D eigenvalue weighted by Crippen LogP contribution is 2.16. The summed E-state index contributed by atoms with van der Waals surface area (Å²) < 4.78 is 5.12. The Kier molecular flexibility index (Phi) is 3.02. The molecule has 0 N–H and O–H groups in total. The maximum absolute atomic E-state index is 11.4. The smallest absolute Gasteiger partial charge is 0.333 e. The largest absolute Gasteiger partial charge is 0.458 e. The van der Waals surface area contributed by atoms with Gasteiger partial charge in [-0.3, -0.25) is 4.99 Å². The number of hydrogen-bond donors (Lipinski definition) is 0. The molecule has 0 aliphatic heterocycles. The molecule has 0 aromatic rings. The van der Waals surface area contributed by atoms with E-state index in [0.717, 1.165) is 0 Å². The molecule has 0 saturated carbocycles. The van der Waals surface area contributed by atoms with Crippen molar-refractivity contribution >= 4 is 12.7 Å². The van der Waals surface area contributed by atoms with Gasteiger partial charge in [-0.1, -0.05) is 0 Å². The third-order valence-corrected chi connectivity index (χ3v) is 1.29. The predicted molar refractivity (Wildman–Crippen MR) is 49.5 cm³/mol. The van der Waals surface area contributed by atoms with E-state index in [-0.39, 0.29) is 5.97 Å². The van der Waals surface area contributed by atoms with Gasteiger partial charge in [0, 0.05) is 0 Å². The monoisotopic (exact) mass is 171 g/mol. The molecular weight excluding hydrogens is 154 g/mol. The molecular formula is C9H17NO2. The zero-order valence-electron chi connectivity index (χ0n) is 8.47. The number of carbonyl (C=O) groups excluding carboxylic acids is 1. The quantitative estimate of drug-likeness (QED) is 0.469. The summed E-state index contributed by atoms with van der Waals surface area (Å²) in [6, 6.07) is 0. The molecule has 12 heavy (non-hydrogen) atoms. The van der Waals surface area contributed by atoms with Crippen LogP contribution in [0.3, 0.4) is 0 Å². The predicted octanol–water partition coefficient (Wildman–Crippen LogP) is 1.81. The van der Waals surface area contributed by atoms with E-state index in [9.17, 15) is 4.79 Å². The van der Waals surface area contributed by atoms with Crippen LogP contribution in [-0.2, 0) is 9.53 Å². The van der Waals surface area contributed by atoms with Gasteiger partial charge in [0.05, 0.1) is 0 Å². The van der Waals surface area contributed by atoms with E-state index >= 15 is 0 Å². The summed E-state index contributed by atoms with van der Waals surface area (Å²) in [6.45, 7) is 12.2. The maximum atomic E-state index is 11.4. The highest BCUT2D eigenvalue weighted by molar-refractivity contribution is 5.81. The van der Waals surface area contributed by atoms with Crippen molar-refractivity contribution in [1.29, 1.82) is 0 Å².